The van der Waals surface area contributed by atoms with E-state index in [1.807, 2.05) is 31.2 Å². The van der Waals surface area contributed by atoms with Crippen molar-refractivity contribution < 1.29 is 4.79 Å². The molecule has 0 saturated carbocycles. The molecular formula is C20H21N3O. The van der Waals surface area contributed by atoms with Gasteiger partial charge in [0.1, 0.15) is 0 Å². The summed E-state index contributed by atoms with van der Waals surface area (Å²) in [6, 6.07) is 16.3. The molecular weight excluding hydrogens is 298 g/mol. The topological polar surface area (TPSA) is 57.8 Å². The van der Waals surface area contributed by atoms with Crippen LogP contribution in [0.25, 0.3) is 11.3 Å². The minimum Gasteiger partial charge on any atom is -0.348 e. The molecule has 1 heterocycles. The van der Waals surface area contributed by atoms with Gasteiger partial charge in [-0.25, -0.2) is 0 Å². The predicted octanol–water partition coefficient (Wildman–Crippen LogP) is 3.88. The van der Waals surface area contributed by atoms with Gasteiger partial charge >= 0.3 is 0 Å². The molecule has 4 heteroatoms. The highest BCUT2D eigenvalue weighted by Crippen LogP contribution is 2.22. The molecule has 1 aromatic heterocycles. The maximum atomic E-state index is 12.5. The zero-order valence-corrected chi connectivity index (χ0v) is 14.0. The summed E-state index contributed by atoms with van der Waals surface area (Å²) in [6.07, 6.45) is 2.59. The lowest BCUT2D eigenvalue weighted by Gasteiger charge is -2.07. The van der Waals surface area contributed by atoms with E-state index >= 15 is 0 Å². The predicted molar refractivity (Wildman–Crippen MR) is 95.8 cm³/mol. The Balaban J connectivity index is 1.73. The number of amides is 1. The van der Waals surface area contributed by atoms with E-state index in [-0.39, 0.29) is 5.91 Å². The van der Waals surface area contributed by atoms with Crippen molar-refractivity contribution >= 4 is 5.91 Å². The Labute approximate surface area is 141 Å². The van der Waals surface area contributed by atoms with Gasteiger partial charge in [0.05, 0.1) is 17.5 Å². The summed E-state index contributed by atoms with van der Waals surface area (Å²) in [5.74, 6) is -0.125. The zero-order valence-electron chi connectivity index (χ0n) is 14.0. The Hall–Kier alpha value is -2.88. The number of hydrogen-bond donors (Lipinski definition) is 2. The number of aryl methyl sites for hydroxylation is 2. The SMILES string of the molecule is CCc1ccc(CNC(=O)c2cn[nH]c2-c2cccc(C)c2)cc1. The molecule has 0 atom stereocenters. The van der Waals surface area contributed by atoms with Gasteiger partial charge in [0.2, 0.25) is 0 Å². The molecule has 24 heavy (non-hydrogen) atoms. The fourth-order valence-corrected chi connectivity index (χ4v) is 2.65. The van der Waals surface area contributed by atoms with Gasteiger partial charge in [-0.05, 0) is 30.5 Å². The van der Waals surface area contributed by atoms with Crippen molar-refractivity contribution in [2.45, 2.75) is 26.8 Å². The van der Waals surface area contributed by atoms with Gasteiger partial charge in [-0.3, -0.25) is 9.89 Å². The van der Waals surface area contributed by atoms with Crippen molar-refractivity contribution in [1.82, 2.24) is 15.5 Å². The van der Waals surface area contributed by atoms with Crippen LogP contribution in [0.4, 0.5) is 0 Å². The number of carbonyl (C=O) groups is 1. The summed E-state index contributed by atoms with van der Waals surface area (Å²) < 4.78 is 0. The van der Waals surface area contributed by atoms with Gasteiger partial charge in [0.25, 0.3) is 5.91 Å². The van der Waals surface area contributed by atoms with Crippen LogP contribution in [0.3, 0.4) is 0 Å². The summed E-state index contributed by atoms with van der Waals surface area (Å²) in [5.41, 5.74) is 5.79. The summed E-state index contributed by atoms with van der Waals surface area (Å²) in [5, 5.41) is 9.94. The van der Waals surface area contributed by atoms with Crippen molar-refractivity contribution in [3.05, 3.63) is 77.0 Å². The maximum absolute atomic E-state index is 12.5. The highest BCUT2D eigenvalue weighted by molar-refractivity contribution is 5.99. The number of aromatic nitrogens is 2. The van der Waals surface area contributed by atoms with Gasteiger partial charge in [0.15, 0.2) is 0 Å². The van der Waals surface area contributed by atoms with E-state index in [1.54, 1.807) is 6.20 Å². The van der Waals surface area contributed by atoms with Gasteiger partial charge in [-0.2, -0.15) is 5.10 Å². The van der Waals surface area contributed by atoms with Crippen molar-refractivity contribution in [2.75, 3.05) is 0 Å². The molecule has 0 spiro atoms. The Morgan fingerprint density at radius 1 is 1.12 bits per heavy atom. The lowest BCUT2D eigenvalue weighted by molar-refractivity contribution is 0.0951. The van der Waals surface area contributed by atoms with E-state index in [9.17, 15) is 4.79 Å². The zero-order chi connectivity index (χ0) is 16.9. The molecule has 0 aliphatic carbocycles. The lowest BCUT2D eigenvalue weighted by Crippen LogP contribution is -2.23. The van der Waals surface area contributed by atoms with Crippen LogP contribution in [-0.4, -0.2) is 16.1 Å². The van der Waals surface area contributed by atoms with Crippen molar-refractivity contribution in [1.29, 1.82) is 0 Å². The second-order valence-corrected chi connectivity index (χ2v) is 5.88. The van der Waals surface area contributed by atoms with Crippen LogP contribution in [0, 0.1) is 6.92 Å². The Morgan fingerprint density at radius 2 is 1.88 bits per heavy atom. The summed E-state index contributed by atoms with van der Waals surface area (Å²) in [6.45, 7) is 4.66. The van der Waals surface area contributed by atoms with Crippen LogP contribution >= 0.6 is 0 Å². The minimum atomic E-state index is -0.125. The second kappa shape index (κ2) is 7.13. The lowest BCUT2D eigenvalue weighted by atomic mass is 10.1. The van der Waals surface area contributed by atoms with Crippen LogP contribution in [0.2, 0.25) is 0 Å². The largest absolute Gasteiger partial charge is 0.348 e. The number of rotatable bonds is 5. The molecule has 2 aromatic carbocycles. The quantitative estimate of drug-likeness (QED) is 0.750. The first kappa shape index (κ1) is 16.0. The highest BCUT2D eigenvalue weighted by Gasteiger charge is 2.15. The number of aromatic amines is 1. The molecule has 0 aliphatic heterocycles. The number of benzene rings is 2. The Kier molecular flexibility index (Phi) is 4.75. The van der Waals surface area contributed by atoms with E-state index in [2.05, 4.69) is 46.7 Å². The number of H-pyrrole nitrogens is 1. The normalized spacial score (nSPS) is 10.6. The molecule has 0 fully saturated rings. The fourth-order valence-electron chi connectivity index (χ4n) is 2.65. The van der Waals surface area contributed by atoms with E-state index < -0.39 is 0 Å². The first-order chi connectivity index (χ1) is 11.7. The Morgan fingerprint density at radius 3 is 2.58 bits per heavy atom. The van der Waals surface area contributed by atoms with Crippen LogP contribution < -0.4 is 5.32 Å². The fraction of sp³-hybridized carbons (Fsp3) is 0.200. The van der Waals surface area contributed by atoms with E-state index in [0.29, 0.717) is 12.1 Å². The first-order valence-electron chi connectivity index (χ1n) is 8.14. The molecule has 3 rings (SSSR count). The second-order valence-electron chi connectivity index (χ2n) is 5.88. The number of carbonyl (C=O) groups excluding carboxylic acids is 1. The molecule has 0 aliphatic rings. The van der Waals surface area contributed by atoms with Crippen LogP contribution in [0.5, 0.6) is 0 Å². The average molecular weight is 319 g/mol. The third-order valence-electron chi connectivity index (χ3n) is 4.08. The van der Waals surface area contributed by atoms with Crippen molar-refractivity contribution in [3.63, 3.8) is 0 Å². The minimum absolute atomic E-state index is 0.125. The molecule has 0 radical (unpaired) electrons. The molecule has 0 saturated heterocycles. The molecule has 0 unspecified atom stereocenters. The number of nitrogens with zero attached hydrogens (tertiary/aromatic N) is 1. The van der Waals surface area contributed by atoms with Gasteiger partial charge in [0, 0.05) is 12.1 Å². The monoisotopic (exact) mass is 319 g/mol. The maximum Gasteiger partial charge on any atom is 0.255 e. The molecule has 0 bridgehead atoms. The first-order valence-corrected chi connectivity index (χ1v) is 8.14. The molecule has 3 aromatic rings. The average Bonchev–Trinajstić information content (AvgIpc) is 3.10. The summed E-state index contributed by atoms with van der Waals surface area (Å²) in [4.78, 5) is 12.5. The van der Waals surface area contributed by atoms with Gasteiger partial charge < -0.3 is 5.32 Å². The van der Waals surface area contributed by atoms with Crippen LogP contribution in [0.1, 0.15) is 34.0 Å². The van der Waals surface area contributed by atoms with Gasteiger partial charge in [-0.1, -0.05) is 55.0 Å². The van der Waals surface area contributed by atoms with Crippen LogP contribution in [-0.2, 0) is 13.0 Å². The van der Waals surface area contributed by atoms with E-state index in [1.165, 1.54) is 5.56 Å². The van der Waals surface area contributed by atoms with Gasteiger partial charge in [-0.15, -0.1) is 0 Å². The standard InChI is InChI=1S/C20H21N3O/c1-3-15-7-9-16(10-8-15)12-21-20(24)18-13-22-23-19(18)17-6-4-5-14(2)11-17/h4-11,13H,3,12H2,1-2H3,(H,21,24)(H,22,23). The van der Waals surface area contributed by atoms with Crippen LogP contribution in [0.15, 0.2) is 54.7 Å². The molecule has 122 valence electrons. The van der Waals surface area contributed by atoms with Crippen molar-refractivity contribution in [3.8, 4) is 11.3 Å². The smallest absolute Gasteiger partial charge is 0.255 e. The highest BCUT2D eigenvalue weighted by atomic mass is 16.1. The van der Waals surface area contributed by atoms with E-state index in [4.69, 9.17) is 0 Å². The summed E-state index contributed by atoms with van der Waals surface area (Å²) >= 11 is 0. The Bertz CT molecular complexity index is 834. The number of nitrogens with one attached hydrogen (secondary N) is 2. The third kappa shape index (κ3) is 3.54. The van der Waals surface area contributed by atoms with E-state index in [0.717, 1.165) is 28.8 Å². The summed E-state index contributed by atoms with van der Waals surface area (Å²) in [7, 11) is 0. The molecule has 2 N–H and O–H groups in total. The molecule has 4 nitrogen and oxygen atoms in total. The number of hydrogen-bond acceptors (Lipinski definition) is 2. The molecule has 1 amide bonds. The third-order valence-corrected chi connectivity index (χ3v) is 4.08. The van der Waals surface area contributed by atoms with Crippen molar-refractivity contribution in [2.24, 2.45) is 0 Å².